The Hall–Kier alpha value is -4.76. The maximum absolute atomic E-state index is 12.6. The van der Waals surface area contributed by atoms with Gasteiger partial charge in [-0.3, -0.25) is 5.32 Å². The summed E-state index contributed by atoms with van der Waals surface area (Å²) in [5.41, 5.74) is 5.59. The van der Waals surface area contributed by atoms with Crippen molar-refractivity contribution in [1.82, 2.24) is 4.98 Å². The Balaban J connectivity index is 1.31. The molecular formula is C35H37N3O6. The highest BCUT2D eigenvalue weighted by Crippen LogP contribution is 2.45. The Morgan fingerprint density at radius 2 is 1.77 bits per heavy atom. The number of pyridine rings is 1. The molecule has 0 atom stereocenters. The standard InChI is InChI=1S/C35H37N3O6/c1-35(2,3)44-34(39)37-29-9-6-10-31-28(29)19-24-7-5-8-27(33(24)43-31)30-20-25(38-15-17-41-18-16-38)21-32(36-30)42-22-23-11-13-26(40-4)14-12-23/h5-14,20-21H,15-19,22H2,1-4H3,(H,37,39). The van der Waals surface area contributed by atoms with E-state index < -0.39 is 11.7 Å². The highest BCUT2D eigenvalue weighted by molar-refractivity contribution is 5.87. The van der Waals surface area contributed by atoms with E-state index in [1.165, 1.54) is 0 Å². The van der Waals surface area contributed by atoms with Crippen molar-refractivity contribution in [2.45, 2.75) is 39.4 Å². The summed E-state index contributed by atoms with van der Waals surface area (Å²) in [5.74, 6) is 2.74. The molecule has 1 amide bonds. The van der Waals surface area contributed by atoms with Gasteiger partial charge in [-0.05, 0) is 62.7 Å². The molecule has 0 radical (unpaired) electrons. The average molecular weight is 596 g/mol. The largest absolute Gasteiger partial charge is 0.497 e. The van der Waals surface area contributed by atoms with E-state index in [1.807, 2.05) is 87.5 Å². The average Bonchev–Trinajstić information content (AvgIpc) is 3.02. The Kier molecular flexibility index (Phi) is 8.30. The van der Waals surface area contributed by atoms with E-state index in [0.29, 0.717) is 43.6 Å². The molecule has 44 heavy (non-hydrogen) atoms. The smallest absolute Gasteiger partial charge is 0.412 e. The Morgan fingerprint density at radius 3 is 2.52 bits per heavy atom. The fourth-order valence-corrected chi connectivity index (χ4v) is 5.31. The van der Waals surface area contributed by atoms with Gasteiger partial charge in [0, 0.05) is 48.0 Å². The van der Waals surface area contributed by atoms with Crippen LogP contribution in [0.5, 0.6) is 23.1 Å². The van der Waals surface area contributed by atoms with E-state index in [9.17, 15) is 4.79 Å². The lowest BCUT2D eigenvalue weighted by Gasteiger charge is -2.29. The second-order valence-electron chi connectivity index (χ2n) is 11.8. The molecule has 1 saturated heterocycles. The molecule has 0 bridgehead atoms. The van der Waals surface area contributed by atoms with Gasteiger partial charge in [0.2, 0.25) is 5.88 Å². The first-order chi connectivity index (χ1) is 21.3. The lowest BCUT2D eigenvalue weighted by Crippen LogP contribution is -2.36. The van der Waals surface area contributed by atoms with Crippen LogP contribution < -0.4 is 24.4 Å². The van der Waals surface area contributed by atoms with Crippen molar-refractivity contribution in [3.05, 3.63) is 89.5 Å². The van der Waals surface area contributed by atoms with Gasteiger partial charge in [-0.25, -0.2) is 9.78 Å². The van der Waals surface area contributed by atoms with Crippen LogP contribution >= 0.6 is 0 Å². The number of nitrogens with zero attached hydrogens (tertiary/aromatic N) is 2. The number of aromatic nitrogens is 1. The zero-order chi connectivity index (χ0) is 30.7. The summed E-state index contributed by atoms with van der Waals surface area (Å²) in [6.45, 7) is 8.78. The molecule has 1 aromatic heterocycles. The van der Waals surface area contributed by atoms with Crippen molar-refractivity contribution in [1.29, 1.82) is 0 Å². The topological polar surface area (TPSA) is 91.4 Å². The van der Waals surface area contributed by atoms with Crippen LogP contribution in [-0.2, 0) is 22.5 Å². The number of amides is 1. The summed E-state index contributed by atoms with van der Waals surface area (Å²) < 4.78 is 29.2. The number of methoxy groups -OCH3 is 1. The van der Waals surface area contributed by atoms with Crippen LogP contribution in [0.1, 0.15) is 37.5 Å². The second-order valence-corrected chi connectivity index (χ2v) is 11.8. The van der Waals surface area contributed by atoms with Gasteiger partial charge < -0.3 is 28.6 Å². The Labute approximate surface area is 257 Å². The lowest BCUT2D eigenvalue weighted by molar-refractivity contribution is 0.0635. The monoisotopic (exact) mass is 595 g/mol. The van der Waals surface area contributed by atoms with Crippen LogP contribution in [0.2, 0.25) is 0 Å². The van der Waals surface area contributed by atoms with Crippen molar-refractivity contribution in [2.75, 3.05) is 43.6 Å². The number of carbonyl (C=O) groups excluding carboxylic acids is 1. The van der Waals surface area contributed by atoms with Gasteiger partial charge in [0.25, 0.3) is 0 Å². The maximum atomic E-state index is 12.6. The molecule has 3 heterocycles. The molecule has 0 saturated carbocycles. The zero-order valence-electron chi connectivity index (χ0n) is 25.5. The summed E-state index contributed by atoms with van der Waals surface area (Å²) in [6.07, 6.45) is 0.0748. The molecular weight excluding hydrogens is 558 g/mol. The number of para-hydroxylation sites is 1. The fraction of sp³-hybridized carbons (Fsp3) is 0.314. The van der Waals surface area contributed by atoms with Crippen molar-refractivity contribution in [2.24, 2.45) is 0 Å². The third-order valence-electron chi connectivity index (χ3n) is 7.43. The van der Waals surface area contributed by atoms with Gasteiger partial charge in [-0.2, -0.15) is 0 Å². The van der Waals surface area contributed by atoms with E-state index in [4.69, 9.17) is 28.7 Å². The first-order valence-electron chi connectivity index (χ1n) is 14.8. The molecule has 228 valence electrons. The third-order valence-corrected chi connectivity index (χ3v) is 7.43. The van der Waals surface area contributed by atoms with E-state index in [0.717, 1.165) is 58.2 Å². The summed E-state index contributed by atoms with van der Waals surface area (Å²) >= 11 is 0. The first kappa shape index (κ1) is 29.3. The minimum absolute atomic E-state index is 0.368. The van der Waals surface area contributed by atoms with E-state index >= 15 is 0 Å². The molecule has 2 aliphatic heterocycles. The number of fused-ring (bicyclic) bond motifs is 2. The molecule has 2 aliphatic rings. The lowest BCUT2D eigenvalue weighted by atomic mass is 9.95. The molecule has 0 unspecified atom stereocenters. The summed E-state index contributed by atoms with van der Waals surface area (Å²) in [4.78, 5) is 19.8. The SMILES string of the molecule is COc1ccc(COc2cc(N3CCOCC3)cc(-c3cccc4c3Oc3cccc(NC(=O)OC(C)(C)C)c3C4)n2)cc1. The van der Waals surface area contributed by atoms with E-state index in [2.05, 4.69) is 16.3 Å². The van der Waals surface area contributed by atoms with Crippen LogP contribution in [0.4, 0.5) is 16.2 Å². The number of anilines is 2. The molecule has 3 aromatic carbocycles. The number of morpholine rings is 1. The van der Waals surface area contributed by atoms with Crippen molar-refractivity contribution < 1.29 is 28.5 Å². The minimum Gasteiger partial charge on any atom is -0.497 e. The number of carbonyl (C=O) groups is 1. The highest BCUT2D eigenvalue weighted by atomic mass is 16.6. The van der Waals surface area contributed by atoms with Crippen molar-refractivity contribution >= 4 is 17.5 Å². The highest BCUT2D eigenvalue weighted by Gasteiger charge is 2.26. The van der Waals surface area contributed by atoms with Gasteiger partial charge in [0.1, 0.15) is 29.5 Å². The quantitative estimate of drug-likeness (QED) is 0.211. The van der Waals surface area contributed by atoms with Gasteiger partial charge in [0.05, 0.1) is 31.7 Å². The molecule has 0 aliphatic carbocycles. The van der Waals surface area contributed by atoms with Crippen LogP contribution in [0, 0.1) is 0 Å². The first-order valence-corrected chi connectivity index (χ1v) is 14.8. The van der Waals surface area contributed by atoms with Crippen LogP contribution in [0.25, 0.3) is 11.3 Å². The van der Waals surface area contributed by atoms with Gasteiger partial charge in [0.15, 0.2) is 0 Å². The number of ether oxygens (including phenoxy) is 5. The number of hydrogen-bond acceptors (Lipinski definition) is 8. The third kappa shape index (κ3) is 6.73. The summed E-state index contributed by atoms with van der Waals surface area (Å²) in [6, 6.07) is 23.6. The van der Waals surface area contributed by atoms with E-state index in [1.54, 1.807) is 7.11 Å². The maximum Gasteiger partial charge on any atom is 0.412 e. The number of nitrogens with one attached hydrogen (secondary N) is 1. The molecule has 6 rings (SSSR count). The molecule has 0 spiro atoms. The van der Waals surface area contributed by atoms with Gasteiger partial charge >= 0.3 is 6.09 Å². The predicted molar refractivity (Wildman–Crippen MR) is 169 cm³/mol. The molecule has 9 heteroatoms. The molecule has 9 nitrogen and oxygen atoms in total. The zero-order valence-corrected chi connectivity index (χ0v) is 25.5. The summed E-state index contributed by atoms with van der Waals surface area (Å²) in [7, 11) is 1.65. The van der Waals surface area contributed by atoms with Crippen molar-refractivity contribution in [3.63, 3.8) is 0 Å². The van der Waals surface area contributed by atoms with Crippen molar-refractivity contribution in [3.8, 4) is 34.4 Å². The van der Waals surface area contributed by atoms with Crippen LogP contribution in [-0.4, -0.2) is 50.1 Å². The minimum atomic E-state index is -0.600. The Bertz CT molecular complexity index is 1640. The molecule has 1 N–H and O–H groups in total. The second kappa shape index (κ2) is 12.5. The number of benzene rings is 3. The van der Waals surface area contributed by atoms with Gasteiger partial charge in [-0.1, -0.05) is 30.3 Å². The number of rotatable bonds is 7. The van der Waals surface area contributed by atoms with Crippen LogP contribution in [0.15, 0.2) is 72.8 Å². The molecule has 1 fully saturated rings. The summed E-state index contributed by atoms with van der Waals surface area (Å²) in [5, 5.41) is 2.90. The number of hydrogen-bond donors (Lipinski definition) is 1. The fourth-order valence-electron chi connectivity index (χ4n) is 5.31. The Morgan fingerprint density at radius 1 is 1.00 bits per heavy atom. The molecule has 4 aromatic rings. The van der Waals surface area contributed by atoms with Gasteiger partial charge in [-0.15, -0.1) is 0 Å². The van der Waals surface area contributed by atoms with E-state index in [-0.39, 0.29) is 0 Å². The predicted octanol–water partition coefficient (Wildman–Crippen LogP) is 7.22. The normalized spacial score (nSPS) is 14.1. The van der Waals surface area contributed by atoms with Crippen LogP contribution in [0.3, 0.4) is 0 Å².